The van der Waals surface area contributed by atoms with E-state index in [1.54, 1.807) is 0 Å². The Bertz CT molecular complexity index is 531. The number of nitrogens with one attached hydrogen (secondary N) is 1. The minimum atomic E-state index is -0.155. The lowest BCUT2D eigenvalue weighted by Gasteiger charge is -2.37. The maximum atomic E-state index is 12.4. The molecule has 1 aliphatic rings. The van der Waals surface area contributed by atoms with Crippen LogP contribution in [-0.4, -0.2) is 64.8 Å². The van der Waals surface area contributed by atoms with Crippen LogP contribution in [0.3, 0.4) is 0 Å². The lowest BCUT2D eigenvalue weighted by molar-refractivity contribution is -0.118. The van der Waals surface area contributed by atoms with Gasteiger partial charge in [0.15, 0.2) is 0 Å². The van der Waals surface area contributed by atoms with E-state index in [0.29, 0.717) is 12.6 Å². The Hall–Kier alpha value is -1.40. The van der Waals surface area contributed by atoms with Gasteiger partial charge in [0.25, 0.3) is 0 Å². The van der Waals surface area contributed by atoms with E-state index >= 15 is 0 Å². The zero-order chi connectivity index (χ0) is 16.5. The summed E-state index contributed by atoms with van der Waals surface area (Å²) in [7, 11) is 2.12. The lowest BCUT2D eigenvalue weighted by atomic mass is 10.1. The molecular weight excluding hydrogens is 278 g/mol. The van der Waals surface area contributed by atoms with Crippen molar-refractivity contribution in [2.24, 2.45) is 0 Å². The highest BCUT2D eigenvalue weighted by Gasteiger charge is 2.25. The van der Waals surface area contributed by atoms with Gasteiger partial charge in [0.1, 0.15) is 5.82 Å². The van der Waals surface area contributed by atoms with Crippen molar-refractivity contribution in [1.29, 1.82) is 0 Å². The van der Waals surface area contributed by atoms with Crippen molar-refractivity contribution in [2.45, 2.75) is 46.2 Å². The highest BCUT2D eigenvalue weighted by Crippen LogP contribution is 2.21. The first-order chi connectivity index (χ1) is 10.2. The van der Waals surface area contributed by atoms with Crippen LogP contribution in [0.15, 0.2) is 6.07 Å². The molecule has 1 N–H and O–H groups in total. The van der Waals surface area contributed by atoms with Gasteiger partial charge in [0.2, 0.25) is 5.91 Å². The van der Waals surface area contributed by atoms with Crippen LogP contribution in [0.5, 0.6) is 0 Å². The van der Waals surface area contributed by atoms with E-state index in [9.17, 15) is 4.79 Å². The second-order valence-corrected chi connectivity index (χ2v) is 7.38. The van der Waals surface area contributed by atoms with Gasteiger partial charge in [-0.15, -0.1) is 0 Å². The van der Waals surface area contributed by atoms with Crippen LogP contribution in [0.25, 0.3) is 0 Å². The number of hydrogen-bond donors (Lipinski definition) is 1. The van der Waals surface area contributed by atoms with Crippen molar-refractivity contribution in [1.82, 2.24) is 19.6 Å². The standard InChI is InChI=1S/C16H29N5O/c1-12-9-14(21(18-12)16(3,4)5)17-15(22)11-20-8-7-19(6)10-13(20)2/h9,13H,7-8,10-11H2,1-6H3,(H,17,22). The van der Waals surface area contributed by atoms with Gasteiger partial charge < -0.3 is 10.2 Å². The van der Waals surface area contributed by atoms with Gasteiger partial charge in [-0.1, -0.05) is 0 Å². The number of hydrogen-bond acceptors (Lipinski definition) is 4. The van der Waals surface area contributed by atoms with Crippen molar-refractivity contribution in [3.63, 3.8) is 0 Å². The second-order valence-electron chi connectivity index (χ2n) is 7.38. The normalized spacial score (nSPS) is 21.1. The first-order valence-corrected chi connectivity index (χ1v) is 7.96. The minimum Gasteiger partial charge on any atom is -0.310 e. The third-order valence-corrected chi connectivity index (χ3v) is 4.05. The summed E-state index contributed by atoms with van der Waals surface area (Å²) in [6, 6.07) is 2.33. The summed E-state index contributed by atoms with van der Waals surface area (Å²) < 4.78 is 1.88. The van der Waals surface area contributed by atoms with E-state index in [-0.39, 0.29) is 11.4 Å². The predicted octanol–water partition coefficient (Wildman–Crippen LogP) is 1.52. The average Bonchev–Trinajstić information content (AvgIpc) is 2.73. The lowest BCUT2D eigenvalue weighted by Crippen LogP contribution is -2.52. The molecule has 1 amide bonds. The SMILES string of the molecule is Cc1cc(NC(=O)CN2CCN(C)CC2C)n(C(C)(C)C)n1. The van der Waals surface area contributed by atoms with Gasteiger partial charge in [-0.3, -0.25) is 9.69 Å². The van der Waals surface area contributed by atoms with Gasteiger partial charge in [-0.2, -0.15) is 5.10 Å². The Morgan fingerprint density at radius 3 is 2.68 bits per heavy atom. The van der Waals surface area contributed by atoms with Crippen LogP contribution in [-0.2, 0) is 10.3 Å². The molecule has 1 atom stereocenters. The number of piperazine rings is 1. The third-order valence-electron chi connectivity index (χ3n) is 4.05. The van der Waals surface area contributed by atoms with E-state index in [1.807, 2.05) is 17.7 Å². The molecule has 0 bridgehead atoms. The van der Waals surface area contributed by atoms with Crippen LogP contribution in [0.1, 0.15) is 33.4 Å². The molecule has 0 spiro atoms. The number of carbonyl (C=O) groups excluding carboxylic acids is 1. The molecule has 1 aromatic rings. The molecule has 2 rings (SSSR count). The Kier molecular flexibility index (Phi) is 4.92. The van der Waals surface area contributed by atoms with Gasteiger partial charge in [0, 0.05) is 31.7 Å². The van der Waals surface area contributed by atoms with E-state index in [4.69, 9.17) is 0 Å². The Balaban J connectivity index is 2.01. The van der Waals surface area contributed by atoms with Crippen molar-refractivity contribution in [3.8, 4) is 0 Å². The molecule has 0 radical (unpaired) electrons. The largest absolute Gasteiger partial charge is 0.310 e. The van der Waals surface area contributed by atoms with Crippen molar-refractivity contribution < 1.29 is 4.79 Å². The number of nitrogens with zero attached hydrogens (tertiary/aromatic N) is 4. The molecule has 6 nitrogen and oxygen atoms in total. The van der Waals surface area contributed by atoms with E-state index in [2.05, 4.69) is 55.0 Å². The van der Waals surface area contributed by atoms with Gasteiger partial charge in [-0.05, 0) is 41.7 Å². The summed E-state index contributed by atoms with van der Waals surface area (Å²) in [5.74, 6) is 0.804. The summed E-state index contributed by atoms with van der Waals surface area (Å²) in [4.78, 5) is 16.9. The van der Waals surface area contributed by atoms with Gasteiger partial charge in [-0.25, -0.2) is 4.68 Å². The molecule has 1 fully saturated rings. The van der Waals surface area contributed by atoms with Crippen LogP contribution in [0, 0.1) is 6.92 Å². The first kappa shape index (κ1) is 17.0. The molecule has 0 aromatic carbocycles. The van der Waals surface area contributed by atoms with Crippen LogP contribution in [0.2, 0.25) is 0 Å². The van der Waals surface area contributed by atoms with Crippen molar-refractivity contribution in [2.75, 3.05) is 38.5 Å². The highest BCUT2D eigenvalue weighted by atomic mass is 16.2. The van der Waals surface area contributed by atoms with Crippen LogP contribution in [0.4, 0.5) is 5.82 Å². The number of anilines is 1. The van der Waals surface area contributed by atoms with E-state index in [1.165, 1.54) is 0 Å². The van der Waals surface area contributed by atoms with Gasteiger partial charge >= 0.3 is 0 Å². The molecule has 0 aliphatic carbocycles. The molecule has 1 unspecified atom stereocenters. The first-order valence-electron chi connectivity index (χ1n) is 7.96. The number of aryl methyl sites for hydroxylation is 1. The molecule has 1 aromatic heterocycles. The van der Waals surface area contributed by atoms with Crippen LogP contribution >= 0.6 is 0 Å². The molecule has 1 saturated heterocycles. The predicted molar refractivity (Wildman–Crippen MR) is 89.1 cm³/mol. The molecular formula is C16H29N5O. The topological polar surface area (TPSA) is 53.4 Å². The quantitative estimate of drug-likeness (QED) is 0.920. The zero-order valence-corrected chi connectivity index (χ0v) is 14.7. The fourth-order valence-electron chi connectivity index (χ4n) is 2.88. The Labute approximate surface area is 133 Å². The summed E-state index contributed by atoms with van der Waals surface area (Å²) in [5, 5.41) is 7.51. The molecule has 124 valence electrons. The Morgan fingerprint density at radius 2 is 2.09 bits per heavy atom. The summed E-state index contributed by atoms with van der Waals surface area (Å²) in [6.07, 6.45) is 0. The third kappa shape index (κ3) is 4.08. The van der Waals surface area contributed by atoms with E-state index in [0.717, 1.165) is 31.1 Å². The number of likely N-dealkylation sites (N-methyl/N-ethyl adjacent to an activating group) is 1. The zero-order valence-electron chi connectivity index (χ0n) is 14.7. The maximum Gasteiger partial charge on any atom is 0.239 e. The number of aromatic nitrogens is 2. The average molecular weight is 307 g/mol. The summed E-state index contributed by atoms with van der Waals surface area (Å²) >= 11 is 0. The summed E-state index contributed by atoms with van der Waals surface area (Å²) in [5.41, 5.74) is 0.760. The number of amides is 1. The van der Waals surface area contributed by atoms with Crippen molar-refractivity contribution in [3.05, 3.63) is 11.8 Å². The smallest absolute Gasteiger partial charge is 0.239 e. The molecule has 2 heterocycles. The van der Waals surface area contributed by atoms with Crippen molar-refractivity contribution >= 4 is 11.7 Å². The highest BCUT2D eigenvalue weighted by molar-refractivity contribution is 5.91. The monoisotopic (exact) mass is 307 g/mol. The molecule has 22 heavy (non-hydrogen) atoms. The minimum absolute atomic E-state index is 0.0294. The summed E-state index contributed by atoms with van der Waals surface area (Å²) in [6.45, 7) is 13.7. The van der Waals surface area contributed by atoms with E-state index < -0.39 is 0 Å². The van der Waals surface area contributed by atoms with Gasteiger partial charge in [0.05, 0.1) is 17.8 Å². The fraction of sp³-hybridized carbons (Fsp3) is 0.750. The number of rotatable bonds is 3. The Morgan fingerprint density at radius 1 is 1.41 bits per heavy atom. The fourth-order valence-corrected chi connectivity index (χ4v) is 2.88. The second kappa shape index (κ2) is 6.38. The molecule has 6 heteroatoms. The molecule has 1 aliphatic heterocycles. The van der Waals surface area contributed by atoms with Crippen LogP contribution < -0.4 is 5.32 Å². The number of carbonyl (C=O) groups is 1. The molecule has 0 saturated carbocycles. The maximum absolute atomic E-state index is 12.4.